The van der Waals surface area contributed by atoms with Gasteiger partial charge in [0, 0.05) is 18.8 Å². The zero-order chi connectivity index (χ0) is 25.0. The van der Waals surface area contributed by atoms with Crippen molar-refractivity contribution in [3.8, 4) is 28.6 Å². The number of ether oxygens (including phenoxy) is 2. The topological polar surface area (TPSA) is 147 Å². The lowest BCUT2D eigenvalue weighted by Crippen LogP contribution is -2.29. The van der Waals surface area contributed by atoms with E-state index in [1.165, 1.54) is 44.4 Å². The van der Waals surface area contributed by atoms with Gasteiger partial charge in [0.1, 0.15) is 29.3 Å². The molecule has 0 aliphatic rings. The van der Waals surface area contributed by atoms with E-state index in [0.29, 0.717) is 22.7 Å². The Hall–Kier alpha value is -4.20. The highest BCUT2D eigenvalue weighted by molar-refractivity contribution is 7.93. The predicted molar refractivity (Wildman–Crippen MR) is 123 cm³/mol. The third-order valence-corrected chi connectivity index (χ3v) is 6.71. The van der Waals surface area contributed by atoms with E-state index >= 15 is 0 Å². The van der Waals surface area contributed by atoms with Crippen LogP contribution in [0.15, 0.2) is 49.3 Å². The number of halogens is 1. The first kappa shape index (κ1) is 23.9. The normalized spacial score (nSPS) is 12.2. The summed E-state index contributed by atoms with van der Waals surface area (Å²) in [5.41, 5.74) is 0.847. The summed E-state index contributed by atoms with van der Waals surface area (Å²) >= 11 is 0. The van der Waals surface area contributed by atoms with Crippen LogP contribution in [0.1, 0.15) is 12.7 Å². The Morgan fingerprint density at radius 1 is 1.03 bits per heavy atom. The molecule has 14 heteroatoms. The summed E-state index contributed by atoms with van der Waals surface area (Å²) in [7, 11) is -1.07. The van der Waals surface area contributed by atoms with Gasteiger partial charge in [-0.15, -0.1) is 10.2 Å². The number of para-hydroxylation sites is 1. The summed E-state index contributed by atoms with van der Waals surface area (Å²) in [4.78, 5) is 15.7. The van der Waals surface area contributed by atoms with Crippen molar-refractivity contribution in [3.63, 3.8) is 0 Å². The number of nitrogens with one attached hydrogen (secondary N) is 1. The molecule has 0 spiro atoms. The molecule has 1 atom stereocenters. The molecule has 4 aromatic rings. The van der Waals surface area contributed by atoms with Crippen LogP contribution >= 0.6 is 0 Å². The minimum atomic E-state index is -4.02. The Balaban J connectivity index is 1.79. The van der Waals surface area contributed by atoms with Crippen LogP contribution in [0.4, 0.5) is 10.3 Å². The molecule has 0 aliphatic carbocycles. The second-order valence-corrected chi connectivity index (χ2v) is 9.40. The van der Waals surface area contributed by atoms with Crippen LogP contribution in [0.2, 0.25) is 0 Å². The van der Waals surface area contributed by atoms with Gasteiger partial charge >= 0.3 is 0 Å². The molecule has 12 nitrogen and oxygen atoms in total. The Morgan fingerprint density at radius 3 is 2.26 bits per heavy atom. The number of nitrogens with zero attached hydrogens (tertiary/aromatic N) is 7. The molecule has 3 heterocycles. The maximum absolute atomic E-state index is 13.2. The van der Waals surface area contributed by atoms with E-state index in [-0.39, 0.29) is 24.0 Å². The minimum absolute atomic E-state index is 0.0545. The number of hydrogen-bond donors (Lipinski definition) is 1. The van der Waals surface area contributed by atoms with E-state index in [9.17, 15) is 12.8 Å². The van der Waals surface area contributed by atoms with Gasteiger partial charge in [-0.3, -0.25) is 9.29 Å². The summed E-state index contributed by atoms with van der Waals surface area (Å²) in [5.74, 6) is 0.475. The fraction of sp³-hybridized carbons (Fsp3) is 0.238. The molecule has 0 unspecified atom stereocenters. The van der Waals surface area contributed by atoms with Crippen molar-refractivity contribution in [2.45, 2.75) is 18.6 Å². The molecule has 0 fully saturated rings. The van der Waals surface area contributed by atoms with Gasteiger partial charge in [0.15, 0.2) is 11.6 Å². The van der Waals surface area contributed by atoms with Gasteiger partial charge in [0.25, 0.3) is 0 Å². The average molecular weight is 501 g/mol. The summed E-state index contributed by atoms with van der Waals surface area (Å²) in [5, 5.41) is 7.28. The average Bonchev–Trinajstić information content (AvgIpc) is 3.27. The lowest BCUT2D eigenvalue weighted by Gasteiger charge is -2.18. The Morgan fingerprint density at radius 2 is 1.66 bits per heavy atom. The van der Waals surface area contributed by atoms with Gasteiger partial charge in [0.05, 0.1) is 37.4 Å². The van der Waals surface area contributed by atoms with Gasteiger partial charge in [-0.1, -0.05) is 6.07 Å². The lowest BCUT2D eigenvalue weighted by atomic mass is 10.2. The van der Waals surface area contributed by atoms with E-state index in [1.807, 2.05) is 0 Å². The maximum atomic E-state index is 13.2. The first-order valence-corrected chi connectivity index (χ1v) is 11.8. The van der Waals surface area contributed by atoms with Crippen molar-refractivity contribution in [1.29, 1.82) is 0 Å². The van der Waals surface area contributed by atoms with Crippen molar-refractivity contribution in [2.75, 3.05) is 18.9 Å². The van der Waals surface area contributed by atoms with Gasteiger partial charge in [-0.25, -0.2) is 32.7 Å². The van der Waals surface area contributed by atoms with Crippen molar-refractivity contribution in [1.82, 2.24) is 34.7 Å². The van der Waals surface area contributed by atoms with Crippen molar-refractivity contribution >= 4 is 16.0 Å². The number of anilines is 1. The van der Waals surface area contributed by atoms with E-state index < -0.39 is 21.1 Å². The fourth-order valence-corrected chi connectivity index (χ4v) is 4.21. The molecule has 0 aliphatic heterocycles. The van der Waals surface area contributed by atoms with Gasteiger partial charge in [-0.05, 0) is 19.1 Å². The van der Waals surface area contributed by atoms with Gasteiger partial charge < -0.3 is 9.47 Å². The first-order chi connectivity index (χ1) is 16.8. The first-order valence-electron chi connectivity index (χ1n) is 10.2. The molecule has 0 saturated heterocycles. The Labute approximate surface area is 200 Å². The van der Waals surface area contributed by atoms with Crippen molar-refractivity contribution in [2.24, 2.45) is 0 Å². The molecule has 0 amide bonds. The van der Waals surface area contributed by atoms with Crippen LogP contribution in [-0.2, 0) is 16.4 Å². The standard InChI is InChI=1S/C21H21FN8O4S/c1-13(7-18-25-10-15(22)11-26-18)35(31,32)29-21-28-27-20(14-8-23-12-24-9-14)30(21)19-16(33-2)5-4-6-17(19)34-3/h4-6,8-13H,7H2,1-3H3,(H,28,29)/t13-/m0/s1. The third-order valence-electron chi connectivity index (χ3n) is 5.01. The number of hydrogen-bond acceptors (Lipinski definition) is 10. The zero-order valence-electron chi connectivity index (χ0n) is 19.0. The second-order valence-electron chi connectivity index (χ2n) is 7.30. The van der Waals surface area contributed by atoms with E-state index in [4.69, 9.17) is 9.47 Å². The largest absolute Gasteiger partial charge is 0.494 e. The minimum Gasteiger partial charge on any atom is -0.494 e. The molecule has 0 bridgehead atoms. The monoisotopic (exact) mass is 500 g/mol. The lowest BCUT2D eigenvalue weighted by molar-refractivity contribution is 0.391. The van der Waals surface area contributed by atoms with E-state index in [0.717, 1.165) is 12.4 Å². The van der Waals surface area contributed by atoms with E-state index in [1.54, 1.807) is 18.2 Å². The highest BCUT2D eigenvalue weighted by Gasteiger charge is 2.28. The Kier molecular flexibility index (Phi) is 6.82. The molecule has 182 valence electrons. The predicted octanol–water partition coefficient (Wildman–Crippen LogP) is 2.04. The molecule has 35 heavy (non-hydrogen) atoms. The quantitative estimate of drug-likeness (QED) is 0.362. The van der Waals surface area contributed by atoms with Crippen LogP contribution < -0.4 is 14.2 Å². The van der Waals surface area contributed by atoms with Crippen LogP contribution in [0.25, 0.3) is 17.1 Å². The Bertz CT molecular complexity index is 1390. The maximum Gasteiger partial charge on any atom is 0.243 e. The fourth-order valence-electron chi connectivity index (χ4n) is 3.25. The number of benzene rings is 1. The van der Waals surface area contributed by atoms with Crippen LogP contribution in [0.5, 0.6) is 11.5 Å². The van der Waals surface area contributed by atoms with E-state index in [2.05, 4.69) is 34.9 Å². The van der Waals surface area contributed by atoms with Crippen LogP contribution in [0, 0.1) is 5.82 Å². The highest BCUT2D eigenvalue weighted by atomic mass is 32.2. The van der Waals surface area contributed by atoms with Crippen molar-refractivity contribution in [3.05, 3.63) is 61.0 Å². The number of sulfonamides is 1. The summed E-state index contributed by atoms with van der Waals surface area (Å²) < 4.78 is 54.5. The molecule has 1 aromatic carbocycles. The van der Waals surface area contributed by atoms with Gasteiger partial charge in [-0.2, -0.15) is 0 Å². The molecular weight excluding hydrogens is 479 g/mol. The zero-order valence-corrected chi connectivity index (χ0v) is 19.8. The molecule has 1 N–H and O–H groups in total. The summed E-state index contributed by atoms with van der Waals surface area (Å²) in [6.45, 7) is 1.48. The number of aromatic nitrogens is 7. The molecule has 0 saturated carbocycles. The third kappa shape index (κ3) is 5.01. The van der Waals surface area contributed by atoms with Crippen molar-refractivity contribution < 1.29 is 22.3 Å². The number of methoxy groups -OCH3 is 2. The van der Waals surface area contributed by atoms with Crippen LogP contribution in [0.3, 0.4) is 0 Å². The highest BCUT2D eigenvalue weighted by Crippen LogP contribution is 2.37. The molecular formula is C21H21FN8O4S. The SMILES string of the molecule is COc1cccc(OC)c1-n1c(NS(=O)(=O)[C@@H](C)Cc2ncc(F)cn2)nnc1-c1cncnc1. The molecule has 3 aromatic heterocycles. The summed E-state index contributed by atoms with van der Waals surface area (Å²) in [6.07, 6.45) is 6.30. The van der Waals surface area contributed by atoms with Gasteiger partial charge in [0.2, 0.25) is 16.0 Å². The smallest absolute Gasteiger partial charge is 0.243 e. The summed E-state index contributed by atoms with van der Waals surface area (Å²) in [6, 6.07) is 5.11. The molecule has 4 rings (SSSR count). The van der Waals surface area contributed by atoms with Crippen LogP contribution in [-0.4, -0.2) is 62.6 Å². The second kappa shape index (κ2) is 9.97. The number of rotatable bonds is 9. The molecule has 0 radical (unpaired) electrons.